The first kappa shape index (κ1) is 20.3. The minimum Gasteiger partial charge on any atom is -0.381 e. The molecular formula is C20H22BrN3O4. The summed E-state index contributed by atoms with van der Waals surface area (Å²) in [7, 11) is 0. The molecule has 28 heavy (non-hydrogen) atoms. The number of carbonyl (C=O) groups excluding carboxylic acids is 1. The molecule has 1 aliphatic rings. The van der Waals surface area contributed by atoms with E-state index in [0.717, 1.165) is 10.0 Å². The van der Waals surface area contributed by atoms with Gasteiger partial charge in [-0.05, 0) is 36.6 Å². The topological polar surface area (TPSA) is 93.5 Å². The van der Waals surface area contributed by atoms with E-state index in [0.29, 0.717) is 44.8 Å². The molecule has 0 unspecified atom stereocenters. The molecule has 7 nitrogen and oxygen atoms in total. The standard InChI is InChI=1S/C20H22BrN3O4/c21-16-7-5-15(6-8-16)20(9-13-28-14-10-20)19(25)23-12-11-22-17-3-1-2-4-18(17)24(26)27/h1-8,22H,9-14H2,(H,23,25). The van der Waals surface area contributed by atoms with Gasteiger partial charge in [-0.15, -0.1) is 0 Å². The molecule has 0 radical (unpaired) electrons. The highest BCUT2D eigenvalue weighted by Gasteiger charge is 2.41. The lowest BCUT2D eigenvalue weighted by molar-refractivity contribution is -0.384. The van der Waals surface area contributed by atoms with E-state index in [2.05, 4.69) is 26.6 Å². The lowest BCUT2D eigenvalue weighted by atomic mass is 9.73. The summed E-state index contributed by atoms with van der Waals surface area (Å²) < 4.78 is 6.44. The van der Waals surface area contributed by atoms with Crippen LogP contribution in [0.1, 0.15) is 18.4 Å². The summed E-state index contributed by atoms with van der Waals surface area (Å²) in [5.74, 6) is -0.0394. The summed E-state index contributed by atoms with van der Waals surface area (Å²) in [6.45, 7) is 1.84. The van der Waals surface area contributed by atoms with Crippen LogP contribution >= 0.6 is 15.9 Å². The van der Waals surface area contributed by atoms with E-state index in [9.17, 15) is 14.9 Å². The van der Waals surface area contributed by atoms with Crippen molar-refractivity contribution in [3.8, 4) is 0 Å². The van der Waals surface area contributed by atoms with Crippen LogP contribution in [0.5, 0.6) is 0 Å². The van der Waals surface area contributed by atoms with E-state index in [-0.39, 0.29) is 11.6 Å². The predicted octanol–water partition coefficient (Wildman–Crippen LogP) is 3.63. The molecule has 1 saturated heterocycles. The van der Waals surface area contributed by atoms with Crippen LogP contribution in [0.4, 0.5) is 11.4 Å². The maximum absolute atomic E-state index is 13.1. The monoisotopic (exact) mass is 447 g/mol. The number of anilines is 1. The van der Waals surface area contributed by atoms with Crippen molar-refractivity contribution < 1.29 is 14.5 Å². The molecule has 1 fully saturated rings. The Morgan fingerprint density at radius 1 is 1.11 bits per heavy atom. The smallest absolute Gasteiger partial charge is 0.292 e. The number of nitrogens with one attached hydrogen (secondary N) is 2. The van der Waals surface area contributed by atoms with Crippen LogP contribution in [0.2, 0.25) is 0 Å². The Balaban J connectivity index is 1.63. The van der Waals surface area contributed by atoms with E-state index in [4.69, 9.17) is 4.74 Å². The first-order valence-electron chi connectivity index (χ1n) is 9.12. The van der Waals surface area contributed by atoms with Crippen LogP contribution in [0.25, 0.3) is 0 Å². The molecule has 2 aromatic carbocycles. The molecule has 148 valence electrons. The third-order valence-electron chi connectivity index (χ3n) is 5.00. The van der Waals surface area contributed by atoms with E-state index >= 15 is 0 Å². The van der Waals surface area contributed by atoms with Gasteiger partial charge in [-0.3, -0.25) is 14.9 Å². The molecular weight excluding hydrogens is 426 g/mol. The number of amides is 1. The number of benzene rings is 2. The molecule has 0 aliphatic carbocycles. The second-order valence-corrected chi connectivity index (χ2v) is 7.57. The molecule has 1 amide bonds. The van der Waals surface area contributed by atoms with Gasteiger partial charge < -0.3 is 15.4 Å². The highest BCUT2D eigenvalue weighted by Crippen LogP contribution is 2.35. The number of rotatable bonds is 7. The van der Waals surface area contributed by atoms with Gasteiger partial charge in [0.1, 0.15) is 5.69 Å². The van der Waals surface area contributed by atoms with Crippen molar-refractivity contribution in [2.24, 2.45) is 0 Å². The molecule has 0 saturated carbocycles. The summed E-state index contributed by atoms with van der Waals surface area (Å²) in [6.07, 6.45) is 1.25. The highest BCUT2D eigenvalue weighted by molar-refractivity contribution is 9.10. The number of halogens is 1. The number of nitrogens with zero attached hydrogens (tertiary/aromatic N) is 1. The molecule has 1 heterocycles. The Hall–Kier alpha value is -2.45. The molecule has 2 aromatic rings. The average molecular weight is 448 g/mol. The number of nitro groups is 1. The van der Waals surface area contributed by atoms with Crippen molar-refractivity contribution >= 4 is 33.2 Å². The predicted molar refractivity (Wildman–Crippen MR) is 110 cm³/mol. The van der Waals surface area contributed by atoms with Gasteiger partial charge in [0, 0.05) is 36.8 Å². The van der Waals surface area contributed by atoms with Gasteiger partial charge in [0.2, 0.25) is 5.91 Å². The van der Waals surface area contributed by atoms with Crippen LogP contribution in [-0.2, 0) is 14.9 Å². The molecule has 3 rings (SSSR count). The molecule has 8 heteroatoms. The lowest BCUT2D eigenvalue weighted by Crippen LogP contribution is -2.49. The third-order valence-corrected chi connectivity index (χ3v) is 5.53. The summed E-state index contributed by atoms with van der Waals surface area (Å²) in [5.41, 5.74) is 0.820. The van der Waals surface area contributed by atoms with Crippen LogP contribution < -0.4 is 10.6 Å². The van der Waals surface area contributed by atoms with E-state index in [1.54, 1.807) is 18.2 Å². The summed E-state index contributed by atoms with van der Waals surface area (Å²) in [5, 5.41) is 17.1. The van der Waals surface area contributed by atoms with Crippen molar-refractivity contribution in [3.63, 3.8) is 0 Å². The van der Waals surface area contributed by atoms with Crippen LogP contribution in [0.15, 0.2) is 53.0 Å². The average Bonchev–Trinajstić information content (AvgIpc) is 2.72. The number of carbonyl (C=O) groups is 1. The number of hydrogen-bond acceptors (Lipinski definition) is 5. The zero-order chi connectivity index (χ0) is 20.0. The summed E-state index contributed by atoms with van der Waals surface area (Å²) in [4.78, 5) is 23.7. The van der Waals surface area contributed by atoms with Crippen molar-refractivity contribution in [3.05, 3.63) is 68.7 Å². The van der Waals surface area contributed by atoms with E-state index in [1.807, 2.05) is 24.3 Å². The van der Waals surface area contributed by atoms with Gasteiger partial charge >= 0.3 is 0 Å². The maximum atomic E-state index is 13.1. The van der Waals surface area contributed by atoms with Crippen molar-refractivity contribution in [1.29, 1.82) is 0 Å². The fraction of sp³-hybridized carbons (Fsp3) is 0.350. The Morgan fingerprint density at radius 2 is 1.79 bits per heavy atom. The number of para-hydroxylation sites is 2. The van der Waals surface area contributed by atoms with Gasteiger partial charge in [0.05, 0.1) is 10.3 Å². The van der Waals surface area contributed by atoms with E-state index < -0.39 is 10.3 Å². The van der Waals surface area contributed by atoms with Crippen molar-refractivity contribution in [1.82, 2.24) is 5.32 Å². The minimum atomic E-state index is -0.613. The first-order valence-corrected chi connectivity index (χ1v) is 9.92. The SMILES string of the molecule is O=C(NCCNc1ccccc1[N+](=O)[O-])C1(c2ccc(Br)cc2)CCOCC1. The Morgan fingerprint density at radius 3 is 2.46 bits per heavy atom. The molecule has 2 N–H and O–H groups in total. The van der Waals surface area contributed by atoms with Crippen LogP contribution in [-0.4, -0.2) is 37.1 Å². The zero-order valence-electron chi connectivity index (χ0n) is 15.3. The Labute approximate surface area is 171 Å². The summed E-state index contributed by atoms with van der Waals surface area (Å²) in [6, 6.07) is 14.3. The molecule has 0 aromatic heterocycles. The largest absolute Gasteiger partial charge is 0.381 e. The van der Waals surface area contributed by atoms with Crippen molar-refractivity contribution in [2.75, 3.05) is 31.6 Å². The van der Waals surface area contributed by atoms with E-state index in [1.165, 1.54) is 6.07 Å². The maximum Gasteiger partial charge on any atom is 0.292 e. The highest BCUT2D eigenvalue weighted by atomic mass is 79.9. The number of ether oxygens (including phenoxy) is 1. The first-order chi connectivity index (χ1) is 13.5. The second-order valence-electron chi connectivity index (χ2n) is 6.66. The van der Waals surface area contributed by atoms with Crippen LogP contribution in [0.3, 0.4) is 0 Å². The van der Waals surface area contributed by atoms with Crippen molar-refractivity contribution in [2.45, 2.75) is 18.3 Å². The molecule has 0 atom stereocenters. The second kappa shape index (κ2) is 9.16. The fourth-order valence-electron chi connectivity index (χ4n) is 3.46. The third kappa shape index (κ3) is 4.51. The Bertz CT molecular complexity index is 836. The molecule has 1 aliphatic heterocycles. The quantitative estimate of drug-likeness (QED) is 0.383. The lowest BCUT2D eigenvalue weighted by Gasteiger charge is -2.36. The van der Waals surface area contributed by atoms with Crippen LogP contribution in [0, 0.1) is 10.1 Å². The minimum absolute atomic E-state index is 0.0181. The zero-order valence-corrected chi connectivity index (χ0v) is 16.9. The van der Waals surface area contributed by atoms with Gasteiger partial charge in [-0.1, -0.05) is 40.2 Å². The van der Waals surface area contributed by atoms with Gasteiger partial charge in [0.25, 0.3) is 5.69 Å². The summed E-state index contributed by atoms with van der Waals surface area (Å²) >= 11 is 3.43. The van der Waals surface area contributed by atoms with Gasteiger partial charge in [0.15, 0.2) is 0 Å². The Kier molecular flexibility index (Phi) is 6.64. The van der Waals surface area contributed by atoms with Gasteiger partial charge in [-0.25, -0.2) is 0 Å². The number of hydrogen-bond donors (Lipinski definition) is 2. The fourth-order valence-corrected chi connectivity index (χ4v) is 3.72. The molecule has 0 bridgehead atoms. The molecule has 0 spiro atoms. The normalized spacial score (nSPS) is 15.6. The number of nitro benzene ring substituents is 1. The van der Waals surface area contributed by atoms with Gasteiger partial charge in [-0.2, -0.15) is 0 Å².